The molecule has 56 valence electrons. The molecule has 10 heavy (non-hydrogen) atoms. The lowest BCUT2D eigenvalue weighted by atomic mass is 9.98. The Kier molecular flexibility index (Phi) is 1.22. The molecule has 0 atom stereocenters. The number of hydrogen-bond donors (Lipinski definition) is 1. The standard InChI is InChI=1S/C8H13NO/c9-8(10)7(5-1-2-5)6-3-4-6/h5-7H,1-4H2,(H2,9,10). The van der Waals surface area contributed by atoms with Crippen LogP contribution in [0.3, 0.4) is 0 Å². The van der Waals surface area contributed by atoms with Crippen LogP contribution in [-0.2, 0) is 4.79 Å². The molecule has 0 heterocycles. The highest BCUT2D eigenvalue weighted by atomic mass is 16.1. The molecule has 2 aliphatic carbocycles. The quantitative estimate of drug-likeness (QED) is 0.620. The van der Waals surface area contributed by atoms with Gasteiger partial charge in [-0.2, -0.15) is 0 Å². The van der Waals surface area contributed by atoms with Gasteiger partial charge in [-0.15, -0.1) is 0 Å². The summed E-state index contributed by atoms with van der Waals surface area (Å²) in [5.41, 5.74) is 5.28. The van der Waals surface area contributed by atoms with Gasteiger partial charge in [0.2, 0.25) is 5.91 Å². The van der Waals surface area contributed by atoms with Crippen molar-refractivity contribution in [2.24, 2.45) is 23.5 Å². The first-order valence-corrected chi connectivity index (χ1v) is 4.08. The van der Waals surface area contributed by atoms with E-state index in [9.17, 15) is 4.79 Å². The molecule has 2 heteroatoms. The maximum Gasteiger partial charge on any atom is 0.221 e. The van der Waals surface area contributed by atoms with E-state index in [-0.39, 0.29) is 11.8 Å². The number of rotatable bonds is 3. The van der Waals surface area contributed by atoms with E-state index in [1.54, 1.807) is 0 Å². The van der Waals surface area contributed by atoms with Gasteiger partial charge in [0.25, 0.3) is 0 Å². The molecule has 0 aromatic rings. The van der Waals surface area contributed by atoms with Gasteiger partial charge in [-0.1, -0.05) is 0 Å². The zero-order valence-corrected chi connectivity index (χ0v) is 6.05. The molecule has 2 rings (SSSR count). The summed E-state index contributed by atoms with van der Waals surface area (Å²) >= 11 is 0. The summed E-state index contributed by atoms with van der Waals surface area (Å²) in [6.45, 7) is 0. The second kappa shape index (κ2) is 1.97. The number of nitrogens with two attached hydrogens (primary N) is 1. The lowest BCUT2D eigenvalue weighted by Crippen LogP contribution is -2.26. The van der Waals surface area contributed by atoms with E-state index in [1.807, 2.05) is 0 Å². The van der Waals surface area contributed by atoms with Gasteiger partial charge in [0.15, 0.2) is 0 Å². The third kappa shape index (κ3) is 1.02. The average molecular weight is 139 g/mol. The van der Waals surface area contributed by atoms with Gasteiger partial charge in [0, 0.05) is 5.92 Å². The van der Waals surface area contributed by atoms with Gasteiger partial charge in [-0.25, -0.2) is 0 Å². The van der Waals surface area contributed by atoms with Crippen LogP contribution in [0, 0.1) is 17.8 Å². The average Bonchev–Trinajstić information content (AvgIpc) is 2.49. The molecule has 2 N–H and O–H groups in total. The van der Waals surface area contributed by atoms with Gasteiger partial charge in [0.1, 0.15) is 0 Å². The largest absolute Gasteiger partial charge is 0.369 e. The van der Waals surface area contributed by atoms with Crippen LogP contribution in [0.4, 0.5) is 0 Å². The maximum atomic E-state index is 10.9. The lowest BCUT2D eigenvalue weighted by molar-refractivity contribution is -0.123. The molecule has 0 spiro atoms. The van der Waals surface area contributed by atoms with Gasteiger partial charge in [-0.05, 0) is 37.5 Å². The van der Waals surface area contributed by atoms with Crippen molar-refractivity contribution in [3.05, 3.63) is 0 Å². The Balaban J connectivity index is 1.98. The SMILES string of the molecule is NC(=O)C(C1CC1)C1CC1. The molecular weight excluding hydrogens is 126 g/mol. The smallest absolute Gasteiger partial charge is 0.221 e. The Morgan fingerprint density at radius 3 is 1.80 bits per heavy atom. The molecule has 0 bridgehead atoms. The predicted molar refractivity (Wildman–Crippen MR) is 38.1 cm³/mol. The van der Waals surface area contributed by atoms with Crippen molar-refractivity contribution in [2.75, 3.05) is 0 Å². The molecule has 0 radical (unpaired) electrons. The fraction of sp³-hybridized carbons (Fsp3) is 0.875. The fourth-order valence-electron chi connectivity index (χ4n) is 1.76. The third-order valence-corrected chi connectivity index (χ3v) is 2.59. The lowest BCUT2D eigenvalue weighted by Gasteiger charge is -2.08. The van der Waals surface area contributed by atoms with Crippen molar-refractivity contribution in [3.8, 4) is 0 Å². The summed E-state index contributed by atoms with van der Waals surface area (Å²) in [5, 5.41) is 0. The maximum absolute atomic E-state index is 10.9. The number of carbonyl (C=O) groups excluding carboxylic acids is 1. The van der Waals surface area contributed by atoms with E-state index in [2.05, 4.69) is 0 Å². The topological polar surface area (TPSA) is 43.1 Å². The van der Waals surface area contributed by atoms with E-state index >= 15 is 0 Å². The molecule has 0 saturated heterocycles. The van der Waals surface area contributed by atoms with Crippen molar-refractivity contribution >= 4 is 5.91 Å². The highest BCUT2D eigenvalue weighted by molar-refractivity contribution is 5.78. The summed E-state index contributed by atoms with van der Waals surface area (Å²) in [4.78, 5) is 10.9. The van der Waals surface area contributed by atoms with Crippen LogP contribution in [0.5, 0.6) is 0 Å². The summed E-state index contributed by atoms with van der Waals surface area (Å²) in [7, 11) is 0. The number of amides is 1. The minimum Gasteiger partial charge on any atom is -0.369 e. The molecule has 2 aliphatic rings. The van der Waals surface area contributed by atoms with Crippen LogP contribution in [-0.4, -0.2) is 5.91 Å². The molecule has 2 saturated carbocycles. The Morgan fingerprint density at radius 2 is 1.60 bits per heavy atom. The van der Waals surface area contributed by atoms with Crippen LogP contribution >= 0.6 is 0 Å². The van der Waals surface area contributed by atoms with Crippen molar-refractivity contribution in [1.29, 1.82) is 0 Å². The van der Waals surface area contributed by atoms with E-state index in [4.69, 9.17) is 5.73 Å². The Bertz CT molecular complexity index is 147. The van der Waals surface area contributed by atoms with Crippen molar-refractivity contribution < 1.29 is 4.79 Å². The Labute approximate surface area is 60.8 Å². The van der Waals surface area contributed by atoms with Gasteiger partial charge >= 0.3 is 0 Å². The first-order chi connectivity index (χ1) is 4.79. The molecule has 0 aliphatic heterocycles. The first kappa shape index (κ1) is 6.20. The van der Waals surface area contributed by atoms with Gasteiger partial charge in [-0.3, -0.25) is 4.79 Å². The molecule has 1 amide bonds. The van der Waals surface area contributed by atoms with Crippen LogP contribution in [0.15, 0.2) is 0 Å². The number of primary amides is 1. The minimum absolute atomic E-state index is 0.0509. The summed E-state index contributed by atoms with van der Waals surface area (Å²) in [5.74, 6) is 1.54. The van der Waals surface area contributed by atoms with Crippen molar-refractivity contribution in [1.82, 2.24) is 0 Å². The highest BCUT2D eigenvalue weighted by Gasteiger charge is 2.44. The van der Waals surface area contributed by atoms with Crippen LogP contribution in [0.25, 0.3) is 0 Å². The number of carbonyl (C=O) groups is 1. The fourth-order valence-corrected chi connectivity index (χ4v) is 1.76. The second-order valence-corrected chi connectivity index (χ2v) is 3.60. The molecule has 0 aromatic heterocycles. The summed E-state index contributed by atoms with van der Waals surface area (Å²) in [6.07, 6.45) is 4.96. The Hall–Kier alpha value is -0.530. The van der Waals surface area contributed by atoms with Gasteiger partial charge in [0.05, 0.1) is 0 Å². The highest BCUT2D eigenvalue weighted by Crippen LogP contribution is 2.48. The first-order valence-electron chi connectivity index (χ1n) is 4.08. The zero-order valence-electron chi connectivity index (χ0n) is 6.05. The minimum atomic E-state index is -0.0509. The Morgan fingerprint density at radius 1 is 1.20 bits per heavy atom. The number of hydrogen-bond acceptors (Lipinski definition) is 1. The predicted octanol–water partition coefficient (Wildman–Crippen LogP) is 0.908. The van der Waals surface area contributed by atoms with E-state index in [0.29, 0.717) is 11.8 Å². The molecule has 0 aromatic carbocycles. The molecule has 0 unspecified atom stereocenters. The second-order valence-electron chi connectivity index (χ2n) is 3.60. The summed E-state index contributed by atoms with van der Waals surface area (Å²) < 4.78 is 0. The molecule has 2 fully saturated rings. The van der Waals surface area contributed by atoms with Crippen LogP contribution < -0.4 is 5.73 Å². The van der Waals surface area contributed by atoms with Crippen LogP contribution in [0.2, 0.25) is 0 Å². The monoisotopic (exact) mass is 139 g/mol. The van der Waals surface area contributed by atoms with E-state index in [0.717, 1.165) is 0 Å². The van der Waals surface area contributed by atoms with Gasteiger partial charge < -0.3 is 5.73 Å². The molecule has 2 nitrogen and oxygen atoms in total. The van der Waals surface area contributed by atoms with Crippen molar-refractivity contribution in [3.63, 3.8) is 0 Å². The summed E-state index contributed by atoms with van der Waals surface area (Å²) in [6, 6.07) is 0. The third-order valence-electron chi connectivity index (χ3n) is 2.59. The van der Waals surface area contributed by atoms with E-state index < -0.39 is 0 Å². The zero-order chi connectivity index (χ0) is 7.14. The van der Waals surface area contributed by atoms with E-state index in [1.165, 1.54) is 25.7 Å². The molecular formula is C8H13NO. The van der Waals surface area contributed by atoms with Crippen molar-refractivity contribution in [2.45, 2.75) is 25.7 Å². The normalized spacial score (nSPS) is 25.3. The van der Waals surface area contributed by atoms with Crippen LogP contribution in [0.1, 0.15) is 25.7 Å².